The van der Waals surface area contributed by atoms with Gasteiger partial charge < -0.3 is 4.90 Å². The Labute approximate surface area is 119 Å². The van der Waals surface area contributed by atoms with Gasteiger partial charge in [-0.25, -0.2) is 0 Å². The molecule has 0 bridgehead atoms. The van der Waals surface area contributed by atoms with E-state index >= 15 is 0 Å². The van der Waals surface area contributed by atoms with Crippen LogP contribution in [0.4, 0.5) is 0 Å². The molecule has 2 heteroatoms. The van der Waals surface area contributed by atoms with Crippen molar-refractivity contribution >= 4 is 6.72 Å². The minimum absolute atomic E-state index is 0.544. The second kappa shape index (κ2) is 5.68. The van der Waals surface area contributed by atoms with E-state index in [-0.39, 0.29) is 0 Å². The molecule has 1 saturated carbocycles. The maximum atomic E-state index is 4.34. The molecule has 0 amide bonds. The standard InChI is InChI=1S/C17H30N2/c1-11(2)17-13-7-9-15(18-5)16(10-8-14(13)17)19(6)12(3)4/h11-14,17H,5,7-10H2,1-4,6H3/b16-15-. The number of nitrogens with zero attached hydrogens (tertiary/aromatic N) is 2. The summed E-state index contributed by atoms with van der Waals surface area (Å²) < 4.78 is 0. The summed E-state index contributed by atoms with van der Waals surface area (Å²) in [6.45, 7) is 13.1. The Morgan fingerprint density at radius 2 is 1.68 bits per heavy atom. The summed E-state index contributed by atoms with van der Waals surface area (Å²) in [5, 5.41) is 0. The highest BCUT2D eigenvalue weighted by atomic mass is 15.1. The normalized spacial score (nSPS) is 34.8. The number of allylic oxidation sites excluding steroid dienone is 2. The molecule has 3 atom stereocenters. The van der Waals surface area contributed by atoms with Gasteiger partial charge in [-0.1, -0.05) is 13.8 Å². The van der Waals surface area contributed by atoms with Gasteiger partial charge in [0.25, 0.3) is 0 Å². The zero-order valence-corrected chi connectivity index (χ0v) is 13.3. The lowest BCUT2D eigenvalue weighted by atomic mass is 10.0. The lowest BCUT2D eigenvalue weighted by Crippen LogP contribution is -2.27. The third kappa shape index (κ3) is 2.88. The highest BCUT2D eigenvalue weighted by Crippen LogP contribution is 2.57. The molecule has 0 aromatic carbocycles. The lowest BCUT2D eigenvalue weighted by molar-refractivity contribution is 0.318. The molecule has 0 aliphatic heterocycles. The van der Waals surface area contributed by atoms with E-state index in [4.69, 9.17) is 0 Å². The quantitative estimate of drug-likeness (QED) is 0.688. The van der Waals surface area contributed by atoms with Crippen molar-refractivity contribution in [1.29, 1.82) is 0 Å². The van der Waals surface area contributed by atoms with Gasteiger partial charge in [-0.2, -0.15) is 0 Å². The second-order valence-corrected chi connectivity index (χ2v) is 6.98. The highest BCUT2D eigenvalue weighted by Gasteiger charge is 2.50. The molecular weight excluding hydrogens is 232 g/mol. The Morgan fingerprint density at radius 3 is 2.16 bits per heavy atom. The van der Waals surface area contributed by atoms with Gasteiger partial charge in [-0.05, 0) is 69.9 Å². The Hall–Kier alpha value is -0.790. The molecular formula is C17H30N2. The van der Waals surface area contributed by atoms with Crippen LogP contribution in [0.5, 0.6) is 0 Å². The maximum Gasteiger partial charge on any atom is 0.0587 e. The predicted molar refractivity (Wildman–Crippen MR) is 83.3 cm³/mol. The predicted octanol–water partition coefficient (Wildman–Crippen LogP) is 4.33. The number of hydrogen-bond donors (Lipinski definition) is 0. The van der Waals surface area contributed by atoms with Crippen LogP contribution in [0.25, 0.3) is 0 Å². The third-order valence-electron chi connectivity index (χ3n) is 5.32. The first kappa shape index (κ1) is 14.6. The van der Waals surface area contributed by atoms with E-state index in [1.54, 1.807) is 0 Å². The average molecular weight is 262 g/mol. The molecule has 0 N–H and O–H groups in total. The van der Waals surface area contributed by atoms with Crippen LogP contribution in [0.15, 0.2) is 16.4 Å². The van der Waals surface area contributed by atoms with Crippen molar-refractivity contribution in [3.63, 3.8) is 0 Å². The van der Waals surface area contributed by atoms with Gasteiger partial charge in [0.1, 0.15) is 0 Å². The number of fused-ring (bicyclic) bond motifs is 1. The SMILES string of the molecule is C=N/C1=C(\N(C)C(C)C)CCC2C(CC1)C2C(C)C. The molecule has 0 radical (unpaired) electrons. The minimum Gasteiger partial charge on any atom is -0.374 e. The van der Waals surface area contributed by atoms with Crippen LogP contribution in [-0.2, 0) is 0 Å². The van der Waals surface area contributed by atoms with Crippen molar-refractivity contribution in [1.82, 2.24) is 4.90 Å². The fraction of sp³-hybridized carbons (Fsp3) is 0.824. The van der Waals surface area contributed by atoms with Crippen LogP contribution in [0.2, 0.25) is 0 Å². The van der Waals surface area contributed by atoms with Gasteiger partial charge in [0.05, 0.1) is 5.70 Å². The van der Waals surface area contributed by atoms with Gasteiger partial charge in [-0.15, -0.1) is 0 Å². The number of aliphatic imine (C=N–C) groups is 1. The molecule has 3 unspecified atom stereocenters. The fourth-order valence-corrected chi connectivity index (χ4v) is 4.03. The molecule has 1 fully saturated rings. The van der Waals surface area contributed by atoms with Crippen molar-refractivity contribution in [2.75, 3.05) is 7.05 Å². The highest BCUT2D eigenvalue weighted by molar-refractivity contribution is 5.31. The number of rotatable bonds is 4. The Kier molecular flexibility index (Phi) is 4.37. The van der Waals surface area contributed by atoms with Crippen LogP contribution < -0.4 is 0 Å². The first-order chi connectivity index (χ1) is 8.97. The smallest absolute Gasteiger partial charge is 0.0587 e. The zero-order valence-electron chi connectivity index (χ0n) is 13.3. The molecule has 0 spiro atoms. The molecule has 0 aromatic heterocycles. The van der Waals surface area contributed by atoms with E-state index < -0.39 is 0 Å². The average Bonchev–Trinajstić information content (AvgIpc) is 3.01. The summed E-state index contributed by atoms with van der Waals surface area (Å²) >= 11 is 0. The van der Waals surface area contributed by atoms with Crippen LogP contribution in [0.1, 0.15) is 53.4 Å². The van der Waals surface area contributed by atoms with Gasteiger partial charge in [0.15, 0.2) is 0 Å². The first-order valence-electron chi connectivity index (χ1n) is 7.89. The maximum absolute atomic E-state index is 4.34. The van der Waals surface area contributed by atoms with Gasteiger partial charge in [0, 0.05) is 18.8 Å². The van der Waals surface area contributed by atoms with E-state index in [9.17, 15) is 0 Å². The summed E-state index contributed by atoms with van der Waals surface area (Å²) in [5.74, 6) is 3.75. The zero-order chi connectivity index (χ0) is 14.2. The van der Waals surface area contributed by atoms with Gasteiger partial charge >= 0.3 is 0 Å². The molecule has 19 heavy (non-hydrogen) atoms. The molecule has 108 valence electrons. The van der Waals surface area contributed by atoms with Gasteiger partial charge in [-0.3, -0.25) is 4.99 Å². The van der Waals surface area contributed by atoms with Crippen LogP contribution in [-0.4, -0.2) is 24.7 Å². The minimum atomic E-state index is 0.544. The van der Waals surface area contributed by atoms with Crippen molar-refractivity contribution in [3.8, 4) is 0 Å². The van der Waals surface area contributed by atoms with E-state index in [0.717, 1.165) is 30.1 Å². The molecule has 0 saturated heterocycles. The molecule has 0 aromatic rings. The Balaban J connectivity index is 2.12. The summed E-state index contributed by atoms with van der Waals surface area (Å²) in [4.78, 5) is 6.74. The summed E-state index contributed by atoms with van der Waals surface area (Å²) in [7, 11) is 2.21. The van der Waals surface area contributed by atoms with Crippen molar-refractivity contribution < 1.29 is 0 Å². The van der Waals surface area contributed by atoms with E-state index in [1.807, 2.05) is 0 Å². The van der Waals surface area contributed by atoms with Crippen molar-refractivity contribution in [2.45, 2.75) is 59.4 Å². The molecule has 0 heterocycles. The second-order valence-electron chi connectivity index (χ2n) is 6.98. The van der Waals surface area contributed by atoms with E-state index in [1.165, 1.54) is 30.7 Å². The van der Waals surface area contributed by atoms with Crippen LogP contribution in [0, 0.1) is 23.7 Å². The lowest BCUT2D eigenvalue weighted by Gasteiger charge is -2.29. The molecule has 2 aliphatic rings. The van der Waals surface area contributed by atoms with Crippen LogP contribution in [0.3, 0.4) is 0 Å². The first-order valence-corrected chi connectivity index (χ1v) is 7.89. The monoisotopic (exact) mass is 262 g/mol. The van der Waals surface area contributed by atoms with E-state index in [0.29, 0.717) is 6.04 Å². The summed E-state index contributed by atoms with van der Waals surface area (Å²) in [6.07, 6.45) is 4.98. The molecule has 2 aliphatic carbocycles. The fourth-order valence-electron chi connectivity index (χ4n) is 4.03. The van der Waals surface area contributed by atoms with Crippen LogP contribution >= 0.6 is 0 Å². The van der Waals surface area contributed by atoms with E-state index in [2.05, 4.69) is 51.4 Å². The number of hydrogen-bond acceptors (Lipinski definition) is 2. The van der Waals surface area contributed by atoms with Crippen molar-refractivity contribution in [3.05, 3.63) is 11.4 Å². The summed E-state index contributed by atoms with van der Waals surface area (Å²) in [6, 6.07) is 0.544. The largest absolute Gasteiger partial charge is 0.374 e. The van der Waals surface area contributed by atoms with Gasteiger partial charge in [0.2, 0.25) is 0 Å². The Bertz CT molecular complexity index is 367. The topological polar surface area (TPSA) is 15.6 Å². The third-order valence-corrected chi connectivity index (χ3v) is 5.32. The summed E-state index contributed by atoms with van der Waals surface area (Å²) in [5.41, 5.74) is 2.70. The molecule has 2 rings (SSSR count). The Morgan fingerprint density at radius 1 is 1.11 bits per heavy atom. The van der Waals surface area contributed by atoms with Crippen molar-refractivity contribution in [2.24, 2.45) is 28.7 Å². The molecule has 2 nitrogen and oxygen atoms in total.